The zero-order chi connectivity index (χ0) is 26.9. The molecule has 6 heteroatoms. The van der Waals surface area contributed by atoms with Gasteiger partial charge in [0.1, 0.15) is 4.75 Å². The van der Waals surface area contributed by atoms with Crippen molar-refractivity contribution in [1.29, 1.82) is 0 Å². The molecular weight excluding hydrogens is 492 g/mol. The van der Waals surface area contributed by atoms with Gasteiger partial charge in [0.2, 0.25) is 11.8 Å². The summed E-state index contributed by atoms with van der Waals surface area (Å²) in [5.41, 5.74) is 5.42. The van der Waals surface area contributed by atoms with Crippen molar-refractivity contribution in [3.8, 4) is 0 Å². The molecule has 198 valence electrons. The first-order valence-electron chi connectivity index (χ1n) is 13.4. The number of hydrogen-bond acceptors (Lipinski definition) is 4. The van der Waals surface area contributed by atoms with E-state index in [0.29, 0.717) is 12.5 Å². The van der Waals surface area contributed by atoms with Gasteiger partial charge in [-0.2, -0.15) is 0 Å². The van der Waals surface area contributed by atoms with Crippen LogP contribution in [0, 0.1) is 12.8 Å². The fraction of sp³-hybridized carbons (Fsp3) is 0.375. The van der Waals surface area contributed by atoms with Crippen LogP contribution in [0.2, 0.25) is 0 Å². The highest BCUT2D eigenvalue weighted by Crippen LogP contribution is 2.54. The van der Waals surface area contributed by atoms with Crippen LogP contribution in [0.5, 0.6) is 0 Å². The molecule has 0 bridgehead atoms. The van der Waals surface area contributed by atoms with E-state index in [1.807, 2.05) is 48.2 Å². The van der Waals surface area contributed by atoms with Gasteiger partial charge in [-0.15, -0.1) is 11.8 Å². The zero-order valence-electron chi connectivity index (χ0n) is 22.3. The highest BCUT2D eigenvalue weighted by Gasteiger charge is 2.59. The summed E-state index contributed by atoms with van der Waals surface area (Å²) in [6.07, 6.45) is 1.70. The largest absolute Gasteiger partial charge is 0.392 e. The SMILES string of the molecule is Cc1ccc(S[C@]2(C(=O)NCC(C)C)CC(=O)N(C3Cc4ccccc4C3)[C@@H]2c2ccc(CO)cc2)cc1. The second-order valence-electron chi connectivity index (χ2n) is 11.0. The van der Waals surface area contributed by atoms with Gasteiger partial charge < -0.3 is 15.3 Å². The third kappa shape index (κ3) is 5.12. The molecule has 38 heavy (non-hydrogen) atoms. The monoisotopic (exact) mass is 528 g/mol. The number of nitrogens with one attached hydrogen (secondary N) is 1. The van der Waals surface area contributed by atoms with Crippen LogP contribution < -0.4 is 5.32 Å². The number of aliphatic hydroxyl groups excluding tert-OH is 1. The van der Waals surface area contributed by atoms with Crippen molar-refractivity contribution >= 4 is 23.6 Å². The standard InChI is InChI=1S/C32H36N2O3S/c1-21(2)19-33-31(37)32(38-28-14-8-22(3)9-15-28)18-29(36)34(27-16-25-6-4-5-7-26(25)17-27)30(32)24-12-10-23(20-35)11-13-24/h4-15,21,27,30,35H,16-20H2,1-3H3,(H,33,37)/t30-,32-/m1/s1. The van der Waals surface area contributed by atoms with Gasteiger partial charge in [-0.05, 0) is 60.1 Å². The lowest BCUT2D eigenvalue weighted by Crippen LogP contribution is -2.50. The number of aryl methyl sites for hydroxylation is 1. The molecule has 1 aliphatic carbocycles. The Kier molecular flexibility index (Phi) is 7.64. The Labute approximate surface area is 229 Å². The number of carbonyl (C=O) groups is 2. The van der Waals surface area contributed by atoms with Crippen molar-refractivity contribution in [2.75, 3.05) is 6.54 Å². The molecule has 5 rings (SSSR count). The summed E-state index contributed by atoms with van der Waals surface area (Å²) in [6, 6.07) is 23.9. The summed E-state index contributed by atoms with van der Waals surface area (Å²) in [5.74, 6) is 0.206. The molecular formula is C32H36N2O3S. The van der Waals surface area contributed by atoms with Crippen LogP contribution in [0.15, 0.2) is 77.7 Å². The molecule has 3 aromatic rings. The topological polar surface area (TPSA) is 69.6 Å². The summed E-state index contributed by atoms with van der Waals surface area (Å²) in [6.45, 7) is 6.70. The number of hydrogen-bond donors (Lipinski definition) is 2. The molecule has 0 unspecified atom stereocenters. The lowest BCUT2D eigenvalue weighted by atomic mass is 9.90. The Morgan fingerprint density at radius 1 is 1.03 bits per heavy atom. The minimum absolute atomic E-state index is 0.0124. The number of benzene rings is 3. The molecule has 2 aliphatic rings. The number of rotatable bonds is 8. The van der Waals surface area contributed by atoms with Gasteiger partial charge in [0, 0.05) is 17.5 Å². The molecule has 2 atom stereocenters. The van der Waals surface area contributed by atoms with Gasteiger partial charge >= 0.3 is 0 Å². The predicted octanol–water partition coefficient (Wildman–Crippen LogP) is 5.23. The van der Waals surface area contributed by atoms with Crippen molar-refractivity contribution in [2.45, 2.75) is 68.4 Å². The Morgan fingerprint density at radius 2 is 1.66 bits per heavy atom. The van der Waals surface area contributed by atoms with Crippen LogP contribution in [-0.4, -0.2) is 39.2 Å². The molecule has 1 heterocycles. The van der Waals surface area contributed by atoms with Crippen molar-refractivity contribution in [3.05, 3.63) is 101 Å². The van der Waals surface area contributed by atoms with Crippen molar-refractivity contribution in [3.63, 3.8) is 0 Å². The maximum absolute atomic E-state index is 14.2. The van der Waals surface area contributed by atoms with E-state index in [1.165, 1.54) is 22.9 Å². The smallest absolute Gasteiger partial charge is 0.239 e. The van der Waals surface area contributed by atoms with E-state index in [0.717, 1.165) is 34.4 Å². The van der Waals surface area contributed by atoms with E-state index in [2.05, 4.69) is 55.6 Å². The summed E-state index contributed by atoms with van der Waals surface area (Å²) >= 11 is 1.51. The first kappa shape index (κ1) is 26.5. The minimum Gasteiger partial charge on any atom is -0.392 e. The Hall–Kier alpha value is -3.09. The Morgan fingerprint density at radius 3 is 2.24 bits per heavy atom. The van der Waals surface area contributed by atoms with E-state index in [1.54, 1.807) is 0 Å². The first-order valence-corrected chi connectivity index (χ1v) is 14.2. The summed E-state index contributed by atoms with van der Waals surface area (Å²) < 4.78 is -1.03. The summed E-state index contributed by atoms with van der Waals surface area (Å²) in [5, 5.41) is 12.8. The van der Waals surface area contributed by atoms with Gasteiger partial charge in [0.05, 0.1) is 19.1 Å². The number of nitrogens with zero attached hydrogens (tertiary/aromatic N) is 1. The van der Waals surface area contributed by atoms with Crippen molar-refractivity contribution < 1.29 is 14.7 Å². The molecule has 0 saturated carbocycles. The fourth-order valence-electron chi connectivity index (χ4n) is 5.77. The van der Waals surface area contributed by atoms with Crippen LogP contribution in [0.3, 0.4) is 0 Å². The average Bonchev–Trinajstić information content (AvgIpc) is 3.47. The van der Waals surface area contributed by atoms with Crippen LogP contribution in [0.4, 0.5) is 0 Å². The quantitative estimate of drug-likeness (QED) is 0.420. The highest BCUT2D eigenvalue weighted by atomic mass is 32.2. The van der Waals surface area contributed by atoms with Crippen molar-refractivity contribution in [2.24, 2.45) is 5.92 Å². The number of likely N-dealkylation sites (tertiary alicyclic amines) is 1. The number of carbonyl (C=O) groups excluding carboxylic acids is 2. The molecule has 0 aromatic heterocycles. The second-order valence-corrected chi connectivity index (χ2v) is 12.4. The molecule has 3 aromatic carbocycles. The third-order valence-electron chi connectivity index (χ3n) is 7.70. The minimum atomic E-state index is -1.03. The maximum atomic E-state index is 14.2. The van der Waals surface area contributed by atoms with E-state index in [-0.39, 0.29) is 30.9 Å². The number of amides is 2. The molecule has 1 fully saturated rings. The number of fused-ring (bicyclic) bond motifs is 1. The first-order chi connectivity index (χ1) is 18.3. The van der Waals surface area contributed by atoms with E-state index in [9.17, 15) is 14.7 Å². The molecule has 0 radical (unpaired) electrons. The van der Waals surface area contributed by atoms with Crippen LogP contribution >= 0.6 is 11.8 Å². The van der Waals surface area contributed by atoms with Gasteiger partial charge in [-0.3, -0.25) is 9.59 Å². The average molecular weight is 529 g/mol. The molecule has 5 nitrogen and oxygen atoms in total. The zero-order valence-corrected chi connectivity index (χ0v) is 23.1. The molecule has 0 spiro atoms. The second kappa shape index (κ2) is 11.0. The maximum Gasteiger partial charge on any atom is 0.239 e. The molecule has 2 N–H and O–H groups in total. The number of thioether (sulfide) groups is 1. The Balaban J connectivity index is 1.61. The van der Waals surface area contributed by atoms with E-state index >= 15 is 0 Å². The summed E-state index contributed by atoms with van der Waals surface area (Å²) in [7, 11) is 0. The lowest BCUT2D eigenvalue weighted by molar-refractivity contribution is -0.131. The third-order valence-corrected chi connectivity index (χ3v) is 9.12. The lowest BCUT2D eigenvalue weighted by Gasteiger charge is -2.39. The predicted molar refractivity (Wildman–Crippen MR) is 152 cm³/mol. The highest BCUT2D eigenvalue weighted by molar-refractivity contribution is 8.01. The van der Waals surface area contributed by atoms with Crippen LogP contribution in [-0.2, 0) is 29.0 Å². The van der Waals surface area contributed by atoms with Gasteiger partial charge in [-0.1, -0.05) is 80.1 Å². The van der Waals surface area contributed by atoms with Crippen LogP contribution in [0.25, 0.3) is 0 Å². The normalized spacial score (nSPS) is 21.2. The van der Waals surface area contributed by atoms with Gasteiger partial charge in [0.25, 0.3) is 0 Å². The van der Waals surface area contributed by atoms with E-state index < -0.39 is 10.8 Å². The van der Waals surface area contributed by atoms with Crippen molar-refractivity contribution in [1.82, 2.24) is 10.2 Å². The fourth-order valence-corrected chi connectivity index (χ4v) is 7.18. The molecule has 1 saturated heterocycles. The molecule has 1 aliphatic heterocycles. The summed E-state index contributed by atoms with van der Waals surface area (Å²) in [4.78, 5) is 31.2. The van der Waals surface area contributed by atoms with Gasteiger partial charge in [0.15, 0.2) is 0 Å². The number of aliphatic hydroxyl groups is 1. The van der Waals surface area contributed by atoms with Gasteiger partial charge in [-0.25, -0.2) is 0 Å². The van der Waals surface area contributed by atoms with E-state index in [4.69, 9.17) is 0 Å². The molecule has 2 amide bonds. The Bertz CT molecular complexity index is 1280. The van der Waals surface area contributed by atoms with Crippen LogP contribution in [0.1, 0.15) is 54.1 Å².